The number of rotatable bonds is 10. The van der Waals surface area contributed by atoms with Crippen LogP contribution in [0.4, 0.5) is 10.1 Å². The summed E-state index contributed by atoms with van der Waals surface area (Å²) in [5.74, 6) is 1.87. The number of hydrogen-bond donors (Lipinski definition) is 1. The number of nitrogens with zero attached hydrogens (tertiary/aromatic N) is 3. The summed E-state index contributed by atoms with van der Waals surface area (Å²) in [7, 11) is 3.09. The molecule has 0 saturated carbocycles. The van der Waals surface area contributed by atoms with E-state index < -0.39 is 6.10 Å². The molecule has 0 radical (unpaired) electrons. The maximum Gasteiger partial charge on any atom is 0.234 e. The van der Waals surface area contributed by atoms with Gasteiger partial charge in [-0.2, -0.15) is 0 Å². The standard InChI is InChI=1S/C23H27FN4O4S/c1-14(2)28-22(15(3)32-17-8-6-16(24)7-9-17)26-27-23(28)33-13-21(29)25-19-12-18(30-4)10-11-20(19)31-5/h6-12,14-15H,13H2,1-5H3,(H,25,29). The molecule has 1 unspecified atom stereocenters. The van der Waals surface area contributed by atoms with Gasteiger partial charge in [0.1, 0.15) is 23.1 Å². The second-order valence-corrected chi connectivity index (χ2v) is 8.36. The molecule has 0 aliphatic heterocycles. The first-order chi connectivity index (χ1) is 15.8. The first-order valence-corrected chi connectivity index (χ1v) is 11.3. The Morgan fingerprint density at radius 1 is 1.06 bits per heavy atom. The Morgan fingerprint density at radius 3 is 2.39 bits per heavy atom. The van der Waals surface area contributed by atoms with Crippen molar-refractivity contribution < 1.29 is 23.4 Å². The van der Waals surface area contributed by atoms with Crippen LogP contribution < -0.4 is 19.5 Å². The number of amides is 1. The number of carbonyl (C=O) groups excluding carboxylic acids is 1. The normalized spacial score (nSPS) is 11.8. The van der Waals surface area contributed by atoms with Crippen LogP contribution in [0.5, 0.6) is 17.2 Å². The van der Waals surface area contributed by atoms with Gasteiger partial charge in [-0.25, -0.2) is 4.39 Å². The summed E-state index contributed by atoms with van der Waals surface area (Å²) in [4.78, 5) is 12.6. The zero-order chi connectivity index (χ0) is 24.0. The van der Waals surface area contributed by atoms with E-state index >= 15 is 0 Å². The number of aromatic nitrogens is 3. The highest BCUT2D eigenvalue weighted by Crippen LogP contribution is 2.30. The van der Waals surface area contributed by atoms with Gasteiger partial charge in [0.2, 0.25) is 5.91 Å². The molecule has 0 spiro atoms. The summed E-state index contributed by atoms with van der Waals surface area (Å²) in [6.07, 6.45) is -0.422. The summed E-state index contributed by atoms with van der Waals surface area (Å²) >= 11 is 1.27. The van der Waals surface area contributed by atoms with E-state index in [0.29, 0.717) is 33.9 Å². The number of hydrogen-bond acceptors (Lipinski definition) is 7. The van der Waals surface area contributed by atoms with E-state index in [-0.39, 0.29) is 23.5 Å². The first-order valence-electron chi connectivity index (χ1n) is 10.3. The Bertz CT molecular complexity index is 1090. The van der Waals surface area contributed by atoms with E-state index in [1.807, 2.05) is 25.3 Å². The van der Waals surface area contributed by atoms with Gasteiger partial charge in [0, 0.05) is 12.1 Å². The van der Waals surface area contributed by atoms with Crippen molar-refractivity contribution in [1.29, 1.82) is 0 Å². The van der Waals surface area contributed by atoms with Crippen LogP contribution in [0, 0.1) is 5.82 Å². The second-order valence-electron chi connectivity index (χ2n) is 7.42. The van der Waals surface area contributed by atoms with Gasteiger partial charge < -0.3 is 24.1 Å². The third kappa shape index (κ3) is 6.16. The molecule has 176 valence electrons. The summed E-state index contributed by atoms with van der Waals surface area (Å²) in [5, 5.41) is 12.0. The van der Waals surface area contributed by atoms with Crippen molar-refractivity contribution in [1.82, 2.24) is 14.8 Å². The zero-order valence-corrected chi connectivity index (χ0v) is 20.0. The van der Waals surface area contributed by atoms with Gasteiger partial charge in [0.25, 0.3) is 0 Å². The van der Waals surface area contributed by atoms with Crippen LogP contribution >= 0.6 is 11.8 Å². The van der Waals surface area contributed by atoms with E-state index in [4.69, 9.17) is 14.2 Å². The van der Waals surface area contributed by atoms with Crippen LogP contribution in [-0.4, -0.2) is 40.6 Å². The van der Waals surface area contributed by atoms with Gasteiger partial charge in [0.15, 0.2) is 17.1 Å². The Morgan fingerprint density at radius 2 is 1.76 bits per heavy atom. The lowest BCUT2D eigenvalue weighted by Crippen LogP contribution is -2.17. The number of benzene rings is 2. The predicted octanol–water partition coefficient (Wildman–Crippen LogP) is 4.89. The number of anilines is 1. The Kier molecular flexibility index (Phi) is 8.16. The SMILES string of the molecule is COc1ccc(OC)c(NC(=O)CSc2nnc(C(C)Oc3ccc(F)cc3)n2C(C)C)c1. The van der Waals surface area contributed by atoms with E-state index in [1.165, 1.54) is 31.0 Å². The third-order valence-corrected chi connectivity index (χ3v) is 5.65. The predicted molar refractivity (Wildman–Crippen MR) is 125 cm³/mol. The molecule has 0 bridgehead atoms. The van der Waals surface area contributed by atoms with Crippen molar-refractivity contribution in [3.8, 4) is 17.2 Å². The van der Waals surface area contributed by atoms with Gasteiger partial charge in [-0.1, -0.05) is 11.8 Å². The third-order valence-electron chi connectivity index (χ3n) is 4.71. The van der Waals surface area contributed by atoms with E-state index in [0.717, 1.165) is 0 Å². The Labute approximate surface area is 196 Å². The largest absolute Gasteiger partial charge is 0.497 e. The van der Waals surface area contributed by atoms with Gasteiger partial charge in [0.05, 0.1) is 25.7 Å². The lowest BCUT2D eigenvalue weighted by atomic mass is 10.2. The lowest BCUT2D eigenvalue weighted by molar-refractivity contribution is -0.113. The van der Waals surface area contributed by atoms with Crippen molar-refractivity contribution in [2.75, 3.05) is 25.3 Å². The van der Waals surface area contributed by atoms with Gasteiger partial charge in [-0.05, 0) is 57.2 Å². The van der Waals surface area contributed by atoms with E-state index in [9.17, 15) is 9.18 Å². The highest BCUT2D eigenvalue weighted by molar-refractivity contribution is 7.99. The molecule has 1 N–H and O–H groups in total. The molecule has 1 atom stereocenters. The molecule has 0 aliphatic carbocycles. The first kappa shape index (κ1) is 24.4. The van der Waals surface area contributed by atoms with Crippen LogP contribution in [0.25, 0.3) is 0 Å². The van der Waals surface area contributed by atoms with Crippen molar-refractivity contribution >= 4 is 23.4 Å². The summed E-state index contributed by atoms with van der Waals surface area (Å²) in [6.45, 7) is 5.86. The lowest BCUT2D eigenvalue weighted by Gasteiger charge is -2.19. The molecule has 1 aromatic heterocycles. The fraction of sp³-hybridized carbons (Fsp3) is 0.348. The van der Waals surface area contributed by atoms with Crippen LogP contribution in [-0.2, 0) is 4.79 Å². The highest BCUT2D eigenvalue weighted by Gasteiger charge is 2.22. The number of halogens is 1. The fourth-order valence-corrected chi connectivity index (χ4v) is 4.02. The fourth-order valence-electron chi connectivity index (χ4n) is 3.15. The molecule has 3 rings (SSSR count). The molecule has 1 heterocycles. The Balaban J connectivity index is 1.69. The second kappa shape index (κ2) is 11.0. The van der Waals surface area contributed by atoms with Gasteiger partial charge in [-0.3, -0.25) is 4.79 Å². The number of nitrogens with one attached hydrogen (secondary N) is 1. The molecule has 10 heteroatoms. The average Bonchev–Trinajstić information content (AvgIpc) is 3.23. The molecule has 0 aliphatic rings. The summed E-state index contributed by atoms with van der Waals surface area (Å²) in [5.41, 5.74) is 0.523. The number of ether oxygens (including phenoxy) is 3. The maximum atomic E-state index is 13.2. The molecule has 33 heavy (non-hydrogen) atoms. The molecule has 0 fully saturated rings. The molecule has 3 aromatic rings. The number of carbonyl (C=O) groups is 1. The molecule has 1 amide bonds. The van der Waals surface area contributed by atoms with Crippen LogP contribution in [0.1, 0.15) is 38.7 Å². The van der Waals surface area contributed by atoms with Crippen molar-refractivity contribution in [2.45, 2.75) is 38.1 Å². The van der Waals surface area contributed by atoms with Crippen molar-refractivity contribution in [3.63, 3.8) is 0 Å². The van der Waals surface area contributed by atoms with Gasteiger partial charge >= 0.3 is 0 Å². The maximum absolute atomic E-state index is 13.2. The zero-order valence-electron chi connectivity index (χ0n) is 19.2. The minimum Gasteiger partial charge on any atom is -0.497 e. The number of thioether (sulfide) groups is 1. The van der Waals surface area contributed by atoms with Gasteiger partial charge in [-0.15, -0.1) is 10.2 Å². The van der Waals surface area contributed by atoms with Crippen LogP contribution in [0.2, 0.25) is 0 Å². The average molecular weight is 475 g/mol. The summed E-state index contributed by atoms with van der Waals surface area (Å²) < 4.78 is 31.5. The monoisotopic (exact) mass is 474 g/mol. The van der Waals surface area contributed by atoms with E-state index in [2.05, 4.69) is 15.5 Å². The summed E-state index contributed by atoms with van der Waals surface area (Å²) in [6, 6.07) is 11.0. The molecule has 0 saturated heterocycles. The molecule has 2 aromatic carbocycles. The minimum atomic E-state index is -0.422. The van der Waals surface area contributed by atoms with Crippen molar-refractivity contribution in [3.05, 3.63) is 54.1 Å². The smallest absolute Gasteiger partial charge is 0.234 e. The van der Waals surface area contributed by atoms with Crippen molar-refractivity contribution in [2.24, 2.45) is 0 Å². The molecule has 8 nitrogen and oxygen atoms in total. The molecular formula is C23H27FN4O4S. The quantitative estimate of drug-likeness (QED) is 0.419. The highest BCUT2D eigenvalue weighted by atomic mass is 32.2. The topological polar surface area (TPSA) is 87.5 Å². The molecular weight excluding hydrogens is 447 g/mol. The van der Waals surface area contributed by atoms with E-state index in [1.54, 1.807) is 37.4 Å². The van der Waals surface area contributed by atoms with Crippen LogP contribution in [0.15, 0.2) is 47.6 Å². The number of methoxy groups -OCH3 is 2. The minimum absolute atomic E-state index is 0.0401. The Hall–Kier alpha value is -3.27. The van der Waals surface area contributed by atoms with Crippen LogP contribution in [0.3, 0.4) is 0 Å².